The molecule has 0 radical (unpaired) electrons. The van der Waals surface area contributed by atoms with E-state index in [2.05, 4.69) is 12.2 Å². The first-order valence-electron chi connectivity index (χ1n) is 5.60. The maximum atomic E-state index is 10.8. The molecule has 0 aromatic rings. The summed E-state index contributed by atoms with van der Waals surface area (Å²) in [5.74, 6) is -0.724. The molecule has 0 aromatic carbocycles. The molecular formula is C11H21NO2. The Morgan fingerprint density at radius 2 is 2.14 bits per heavy atom. The minimum Gasteiger partial charge on any atom is -0.480 e. The Bertz CT molecular complexity index is 194. The van der Waals surface area contributed by atoms with Gasteiger partial charge >= 0.3 is 5.97 Å². The topological polar surface area (TPSA) is 49.3 Å². The molecular weight excluding hydrogens is 178 g/mol. The number of hydrogen-bond donors (Lipinski definition) is 2. The monoisotopic (exact) mass is 199 g/mol. The number of aliphatic carboxylic acids is 1. The van der Waals surface area contributed by atoms with Crippen molar-refractivity contribution in [2.24, 2.45) is 5.41 Å². The molecule has 1 saturated carbocycles. The third-order valence-electron chi connectivity index (χ3n) is 3.59. The largest absolute Gasteiger partial charge is 0.480 e. The van der Waals surface area contributed by atoms with Crippen LogP contribution in [-0.4, -0.2) is 23.7 Å². The molecule has 1 aliphatic carbocycles. The molecule has 2 N–H and O–H groups in total. The summed E-state index contributed by atoms with van der Waals surface area (Å²) < 4.78 is 0. The summed E-state index contributed by atoms with van der Waals surface area (Å²) in [6, 6.07) is -0.362. The maximum Gasteiger partial charge on any atom is 0.320 e. The summed E-state index contributed by atoms with van der Waals surface area (Å²) in [4.78, 5) is 10.8. The lowest BCUT2D eigenvalue weighted by Gasteiger charge is -2.42. The fourth-order valence-corrected chi connectivity index (χ4v) is 2.08. The van der Waals surface area contributed by atoms with E-state index in [1.54, 1.807) is 0 Å². The smallest absolute Gasteiger partial charge is 0.320 e. The first-order chi connectivity index (χ1) is 6.63. The van der Waals surface area contributed by atoms with Crippen molar-refractivity contribution in [3.63, 3.8) is 0 Å². The van der Waals surface area contributed by atoms with Gasteiger partial charge in [0.05, 0.1) is 0 Å². The van der Waals surface area contributed by atoms with Crippen molar-refractivity contribution in [2.45, 2.75) is 52.0 Å². The number of hydrogen-bond acceptors (Lipinski definition) is 2. The van der Waals surface area contributed by atoms with E-state index in [1.807, 2.05) is 6.92 Å². The van der Waals surface area contributed by atoms with Gasteiger partial charge in [0.2, 0.25) is 0 Å². The van der Waals surface area contributed by atoms with Gasteiger partial charge in [-0.25, -0.2) is 0 Å². The second-order valence-corrected chi connectivity index (χ2v) is 4.39. The van der Waals surface area contributed by atoms with E-state index in [4.69, 9.17) is 5.11 Å². The molecule has 0 saturated heterocycles. The van der Waals surface area contributed by atoms with Crippen LogP contribution in [0.4, 0.5) is 0 Å². The van der Waals surface area contributed by atoms with Crippen molar-refractivity contribution < 1.29 is 9.90 Å². The second kappa shape index (κ2) is 4.78. The zero-order chi connectivity index (χ0) is 10.6. The Kier molecular flexibility index (Phi) is 3.93. The molecule has 1 rings (SSSR count). The zero-order valence-corrected chi connectivity index (χ0v) is 9.18. The van der Waals surface area contributed by atoms with E-state index in [9.17, 15) is 4.79 Å². The molecule has 0 aliphatic heterocycles. The Morgan fingerprint density at radius 3 is 2.43 bits per heavy atom. The van der Waals surface area contributed by atoms with Crippen molar-refractivity contribution in [1.29, 1.82) is 0 Å². The van der Waals surface area contributed by atoms with Crippen LogP contribution in [0.1, 0.15) is 46.0 Å². The van der Waals surface area contributed by atoms with Crippen molar-refractivity contribution in [3.05, 3.63) is 0 Å². The third kappa shape index (κ3) is 2.47. The Hall–Kier alpha value is -0.570. The van der Waals surface area contributed by atoms with Crippen LogP contribution in [0.25, 0.3) is 0 Å². The van der Waals surface area contributed by atoms with E-state index in [0.717, 1.165) is 13.0 Å². The molecule has 82 valence electrons. The first kappa shape index (κ1) is 11.5. The van der Waals surface area contributed by atoms with Gasteiger partial charge in [0.1, 0.15) is 6.04 Å². The third-order valence-corrected chi connectivity index (χ3v) is 3.59. The van der Waals surface area contributed by atoms with Gasteiger partial charge in [0.25, 0.3) is 0 Å². The average molecular weight is 199 g/mol. The average Bonchev–Trinajstić information content (AvgIpc) is 2.09. The summed E-state index contributed by atoms with van der Waals surface area (Å²) in [5.41, 5.74) is 0.406. The number of nitrogens with one attached hydrogen (secondary N) is 1. The van der Waals surface area contributed by atoms with Crippen molar-refractivity contribution in [3.8, 4) is 0 Å². The molecule has 1 aliphatic rings. The quantitative estimate of drug-likeness (QED) is 0.688. The second-order valence-electron chi connectivity index (χ2n) is 4.39. The van der Waals surface area contributed by atoms with Crippen LogP contribution < -0.4 is 5.32 Å². The molecule has 0 bridgehead atoms. The minimum atomic E-state index is -0.724. The normalized spacial score (nSPS) is 21.3. The van der Waals surface area contributed by atoms with Gasteiger partial charge in [-0.15, -0.1) is 0 Å². The number of carboxylic acid groups (broad SMARTS) is 1. The zero-order valence-electron chi connectivity index (χ0n) is 9.18. The predicted molar refractivity (Wildman–Crippen MR) is 56.3 cm³/mol. The van der Waals surface area contributed by atoms with Crippen molar-refractivity contribution in [2.75, 3.05) is 6.54 Å². The van der Waals surface area contributed by atoms with Gasteiger partial charge < -0.3 is 10.4 Å². The highest BCUT2D eigenvalue weighted by atomic mass is 16.4. The van der Waals surface area contributed by atoms with Gasteiger partial charge in [0, 0.05) is 6.54 Å². The number of rotatable bonds is 6. The molecule has 0 aromatic heterocycles. The molecule has 14 heavy (non-hydrogen) atoms. The summed E-state index contributed by atoms with van der Waals surface area (Å²) in [6.07, 6.45) is 5.64. The lowest BCUT2D eigenvalue weighted by molar-refractivity contribution is -0.139. The highest BCUT2D eigenvalue weighted by Crippen LogP contribution is 2.43. The van der Waals surface area contributed by atoms with Gasteiger partial charge in [0.15, 0.2) is 0 Å². The molecule has 1 fully saturated rings. The van der Waals surface area contributed by atoms with Crippen molar-refractivity contribution in [1.82, 2.24) is 5.32 Å². The number of carboxylic acids is 1. The minimum absolute atomic E-state index is 0.362. The molecule has 1 atom stereocenters. The van der Waals surface area contributed by atoms with E-state index in [0.29, 0.717) is 11.8 Å². The summed E-state index contributed by atoms with van der Waals surface area (Å²) in [5, 5.41) is 12.0. The van der Waals surface area contributed by atoms with Crippen LogP contribution in [0.2, 0.25) is 0 Å². The fraction of sp³-hybridized carbons (Fsp3) is 0.909. The van der Waals surface area contributed by atoms with Gasteiger partial charge in [-0.05, 0) is 31.1 Å². The highest BCUT2D eigenvalue weighted by molar-refractivity contribution is 5.73. The molecule has 1 unspecified atom stereocenters. The van der Waals surface area contributed by atoms with E-state index in [1.165, 1.54) is 19.3 Å². The van der Waals surface area contributed by atoms with Crippen LogP contribution >= 0.6 is 0 Å². The van der Waals surface area contributed by atoms with Crippen LogP contribution in [0.5, 0.6) is 0 Å². The lowest BCUT2D eigenvalue weighted by atomic mass is 9.67. The van der Waals surface area contributed by atoms with E-state index >= 15 is 0 Å². The Morgan fingerprint density at radius 1 is 1.50 bits per heavy atom. The maximum absolute atomic E-state index is 10.8. The lowest BCUT2D eigenvalue weighted by Crippen LogP contribution is -2.45. The fourth-order valence-electron chi connectivity index (χ4n) is 2.08. The standard InChI is InChI=1S/C11H21NO2/c1-3-9(10(13)14)12-8-11(4-2)6-5-7-11/h9,12H,3-8H2,1-2H3,(H,13,14). The predicted octanol–water partition coefficient (Wildman–Crippen LogP) is 2.02. The summed E-state index contributed by atoms with van der Waals surface area (Å²) in [7, 11) is 0. The van der Waals surface area contributed by atoms with Gasteiger partial charge in [-0.3, -0.25) is 4.79 Å². The van der Waals surface area contributed by atoms with Gasteiger partial charge in [-0.1, -0.05) is 20.3 Å². The highest BCUT2D eigenvalue weighted by Gasteiger charge is 2.35. The van der Waals surface area contributed by atoms with Crippen LogP contribution in [-0.2, 0) is 4.79 Å². The molecule has 0 heterocycles. The van der Waals surface area contributed by atoms with Crippen molar-refractivity contribution >= 4 is 5.97 Å². The molecule has 3 heteroatoms. The summed E-state index contributed by atoms with van der Waals surface area (Å²) in [6.45, 7) is 4.97. The molecule has 0 spiro atoms. The van der Waals surface area contributed by atoms with Crippen LogP contribution in [0.3, 0.4) is 0 Å². The number of carbonyl (C=O) groups is 1. The van der Waals surface area contributed by atoms with Crippen LogP contribution in [0, 0.1) is 5.41 Å². The SMILES string of the molecule is CCC(NCC1(CC)CCC1)C(=O)O. The summed E-state index contributed by atoms with van der Waals surface area (Å²) >= 11 is 0. The first-order valence-corrected chi connectivity index (χ1v) is 5.60. The van der Waals surface area contributed by atoms with E-state index < -0.39 is 5.97 Å². The Balaban J connectivity index is 2.34. The van der Waals surface area contributed by atoms with Gasteiger partial charge in [-0.2, -0.15) is 0 Å². The van der Waals surface area contributed by atoms with E-state index in [-0.39, 0.29) is 6.04 Å². The van der Waals surface area contributed by atoms with Crippen LogP contribution in [0.15, 0.2) is 0 Å². The molecule has 0 amide bonds. The Labute approximate surface area is 85.9 Å². The molecule has 3 nitrogen and oxygen atoms in total.